The zero-order valence-electron chi connectivity index (χ0n) is 52.5. The Balaban J connectivity index is 3.38. The molecule has 0 aliphatic heterocycles. The third-order valence-electron chi connectivity index (χ3n) is 16.8. The van der Waals surface area contributed by atoms with Gasteiger partial charge in [-0.15, -0.1) is 0 Å². The van der Waals surface area contributed by atoms with Crippen LogP contribution in [0.25, 0.3) is 0 Å². The number of ether oxygens (including phenoxy) is 1. The molecule has 0 spiro atoms. The first-order valence-electron chi connectivity index (χ1n) is 35.4. The summed E-state index contributed by atoms with van der Waals surface area (Å²) in [5, 5.41) is 23.4. The highest BCUT2D eigenvalue weighted by molar-refractivity contribution is 5.76. The molecule has 0 bridgehead atoms. The molecule has 0 aromatic heterocycles. The highest BCUT2D eigenvalue weighted by Gasteiger charge is 2.20. The van der Waals surface area contributed by atoms with Gasteiger partial charge < -0.3 is 20.3 Å². The molecule has 0 radical (unpaired) electrons. The first-order valence-corrected chi connectivity index (χ1v) is 35.4. The predicted octanol–water partition coefficient (Wildman–Crippen LogP) is 22.8. The zero-order valence-corrected chi connectivity index (χ0v) is 52.5. The molecule has 3 N–H and O–H groups in total. The van der Waals surface area contributed by atoms with Gasteiger partial charge in [0.15, 0.2) is 0 Å². The average molecular weight is 1090 g/mol. The molecule has 6 heteroatoms. The third kappa shape index (κ3) is 63.6. The van der Waals surface area contributed by atoms with E-state index in [4.69, 9.17) is 4.74 Å². The van der Waals surface area contributed by atoms with Crippen LogP contribution in [0.5, 0.6) is 0 Å². The molecule has 1 amide bonds. The monoisotopic (exact) mass is 1090 g/mol. The lowest BCUT2D eigenvalue weighted by Gasteiger charge is -2.22. The normalized spacial score (nSPS) is 12.5. The molecule has 0 rings (SSSR count). The average Bonchev–Trinajstić information content (AvgIpc) is 3.43. The van der Waals surface area contributed by atoms with E-state index in [1.54, 1.807) is 0 Å². The van der Waals surface area contributed by atoms with Crippen LogP contribution in [0.2, 0.25) is 0 Å². The van der Waals surface area contributed by atoms with Crippen molar-refractivity contribution in [2.24, 2.45) is 0 Å². The SMILES string of the molecule is CCCCCCCC/C=C\CCCCCCCC(=O)OCCCCCCCCCCCCCCCCCCCCCCCC(=O)NC(CO)C(O)CCCCCCCCCCCCCCCCCCCCCCCCCC. The number of carbonyl (C=O) groups is 2. The Morgan fingerprint density at radius 1 is 0.351 bits per heavy atom. The van der Waals surface area contributed by atoms with Gasteiger partial charge in [0, 0.05) is 12.8 Å². The maximum atomic E-state index is 12.6. The Bertz CT molecular complexity index is 1160. The molecule has 2 unspecified atom stereocenters. The molecule has 0 fully saturated rings. The number of unbranched alkanes of at least 4 members (excludes halogenated alkanes) is 54. The van der Waals surface area contributed by atoms with Crippen molar-refractivity contribution in [2.45, 2.75) is 418 Å². The van der Waals surface area contributed by atoms with E-state index < -0.39 is 12.1 Å². The summed E-state index contributed by atoms with van der Waals surface area (Å²) in [4.78, 5) is 24.6. The third-order valence-corrected chi connectivity index (χ3v) is 16.8. The quantitative estimate of drug-likeness (QED) is 0.0320. The van der Waals surface area contributed by atoms with Crippen molar-refractivity contribution in [3.05, 3.63) is 12.2 Å². The summed E-state index contributed by atoms with van der Waals surface area (Å²) in [6, 6.07) is -0.543. The summed E-state index contributed by atoms with van der Waals surface area (Å²) < 4.78 is 5.49. The van der Waals surface area contributed by atoms with Crippen molar-refractivity contribution in [3.63, 3.8) is 0 Å². The van der Waals surface area contributed by atoms with Crippen molar-refractivity contribution in [2.75, 3.05) is 13.2 Å². The minimum atomic E-state index is -0.666. The number of aliphatic hydroxyl groups is 2. The van der Waals surface area contributed by atoms with Crippen LogP contribution in [0.15, 0.2) is 12.2 Å². The summed E-state index contributed by atoms with van der Waals surface area (Å²) in [6.45, 7) is 4.98. The first kappa shape index (κ1) is 75.6. The summed E-state index contributed by atoms with van der Waals surface area (Å²) in [5.41, 5.74) is 0. The lowest BCUT2D eigenvalue weighted by molar-refractivity contribution is -0.143. The number of hydrogen-bond acceptors (Lipinski definition) is 5. The van der Waals surface area contributed by atoms with E-state index in [9.17, 15) is 19.8 Å². The molecule has 0 aliphatic carbocycles. The smallest absolute Gasteiger partial charge is 0.305 e. The maximum absolute atomic E-state index is 12.6. The van der Waals surface area contributed by atoms with E-state index in [1.165, 1.54) is 327 Å². The minimum absolute atomic E-state index is 0.00547. The maximum Gasteiger partial charge on any atom is 0.305 e. The molecule has 0 saturated heterocycles. The molecule has 77 heavy (non-hydrogen) atoms. The van der Waals surface area contributed by atoms with Crippen LogP contribution >= 0.6 is 0 Å². The highest BCUT2D eigenvalue weighted by Crippen LogP contribution is 2.19. The van der Waals surface area contributed by atoms with E-state index in [-0.39, 0.29) is 18.5 Å². The standard InChI is InChI=1S/C71H139NO5/c1-3-5-7-9-11-13-15-17-19-20-21-22-23-24-26-29-32-36-39-43-47-51-55-59-63-69(74)68(67-73)72-70(75)64-60-56-52-48-44-40-37-33-30-27-25-28-31-34-38-42-46-50-54-58-62-66-77-71(76)65-61-57-53-49-45-41-35-18-16-14-12-10-8-6-4-2/h18,35,68-69,73-74H,3-17,19-34,36-67H2,1-2H3,(H,72,75)/b35-18-. The molecular formula is C71H139NO5. The molecule has 0 aliphatic rings. The van der Waals surface area contributed by atoms with Crippen LogP contribution in [-0.4, -0.2) is 47.4 Å². The van der Waals surface area contributed by atoms with E-state index in [0.717, 1.165) is 44.9 Å². The molecule has 458 valence electrons. The van der Waals surface area contributed by atoms with Crippen molar-refractivity contribution >= 4 is 11.9 Å². The van der Waals surface area contributed by atoms with Gasteiger partial charge in [-0.2, -0.15) is 0 Å². The number of esters is 1. The number of nitrogens with one attached hydrogen (secondary N) is 1. The second-order valence-corrected chi connectivity index (χ2v) is 24.6. The fraction of sp³-hybridized carbons (Fsp3) is 0.944. The summed E-state index contributed by atoms with van der Waals surface area (Å²) in [6.07, 6.45) is 82.5. The van der Waals surface area contributed by atoms with Crippen molar-refractivity contribution in [1.29, 1.82) is 0 Å². The fourth-order valence-corrected chi connectivity index (χ4v) is 11.4. The van der Waals surface area contributed by atoms with Gasteiger partial charge in [0.1, 0.15) is 0 Å². The Labute approximate surface area is 482 Å². The van der Waals surface area contributed by atoms with Crippen molar-refractivity contribution in [3.8, 4) is 0 Å². The largest absolute Gasteiger partial charge is 0.466 e. The van der Waals surface area contributed by atoms with Crippen LogP contribution in [0.3, 0.4) is 0 Å². The van der Waals surface area contributed by atoms with Gasteiger partial charge in [-0.05, 0) is 51.4 Å². The van der Waals surface area contributed by atoms with Gasteiger partial charge in [-0.3, -0.25) is 9.59 Å². The second-order valence-electron chi connectivity index (χ2n) is 24.6. The van der Waals surface area contributed by atoms with E-state index >= 15 is 0 Å². The molecule has 0 saturated carbocycles. The summed E-state index contributed by atoms with van der Waals surface area (Å²) in [7, 11) is 0. The van der Waals surface area contributed by atoms with Crippen LogP contribution < -0.4 is 5.32 Å². The highest BCUT2D eigenvalue weighted by atomic mass is 16.5. The summed E-state index contributed by atoms with van der Waals surface area (Å²) >= 11 is 0. The van der Waals surface area contributed by atoms with Crippen LogP contribution in [0.1, 0.15) is 406 Å². The molecule has 0 heterocycles. The number of hydrogen-bond donors (Lipinski definition) is 3. The van der Waals surface area contributed by atoms with Gasteiger partial charge in [0.05, 0.1) is 25.4 Å². The van der Waals surface area contributed by atoms with Gasteiger partial charge >= 0.3 is 5.97 Å². The number of carbonyl (C=O) groups excluding carboxylic acids is 2. The van der Waals surface area contributed by atoms with Crippen LogP contribution in [0.4, 0.5) is 0 Å². The minimum Gasteiger partial charge on any atom is -0.466 e. The Hall–Kier alpha value is -1.40. The zero-order chi connectivity index (χ0) is 55.7. The Morgan fingerprint density at radius 2 is 0.610 bits per heavy atom. The predicted molar refractivity (Wildman–Crippen MR) is 338 cm³/mol. The number of aliphatic hydroxyl groups excluding tert-OH is 2. The van der Waals surface area contributed by atoms with Gasteiger partial charge in [0.2, 0.25) is 5.91 Å². The Morgan fingerprint density at radius 3 is 0.922 bits per heavy atom. The second kappa shape index (κ2) is 67.1. The van der Waals surface area contributed by atoms with E-state index in [2.05, 4.69) is 31.3 Å². The van der Waals surface area contributed by atoms with Crippen molar-refractivity contribution < 1.29 is 24.5 Å². The molecule has 0 aromatic carbocycles. The Kier molecular flexibility index (Phi) is 65.9. The van der Waals surface area contributed by atoms with Crippen LogP contribution in [0, 0.1) is 0 Å². The van der Waals surface area contributed by atoms with Gasteiger partial charge in [0.25, 0.3) is 0 Å². The van der Waals surface area contributed by atoms with Gasteiger partial charge in [-0.25, -0.2) is 0 Å². The lowest BCUT2D eigenvalue weighted by Crippen LogP contribution is -2.45. The number of rotatable bonds is 67. The molecule has 6 nitrogen and oxygen atoms in total. The lowest BCUT2D eigenvalue weighted by atomic mass is 10.0. The number of allylic oxidation sites excluding steroid dienone is 2. The van der Waals surface area contributed by atoms with E-state index in [0.29, 0.717) is 25.9 Å². The molecule has 2 atom stereocenters. The van der Waals surface area contributed by atoms with Gasteiger partial charge in [-0.1, -0.05) is 353 Å². The number of amides is 1. The summed E-state index contributed by atoms with van der Waals surface area (Å²) in [5.74, 6) is -0.0253. The van der Waals surface area contributed by atoms with Crippen LogP contribution in [-0.2, 0) is 14.3 Å². The molecule has 0 aromatic rings. The topological polar surface area (TPSA) is 95.9 Å². The first-order chi connectivity index (χ1) is 38.0. The van der Waals surface area contributed by atoms with Crippen molar-refractivity contribution in [1.82, 2.24) is 5.32 Å². The fourth-order valence-electron chi connectivity index (χ4n) is 11.4. The van der Waals surface area contributed by atoms with E-state index in [1.807, 2.05) is 0 Å². The molecular weight excluding hydrogens is 947 g/mol.